The van der Waals surface area contributed by atoms with E-state index in [1.54, 1.807) is 0 Å². The predicted octanol–water partition coefficient (Wildman–Crippen LogP) is 2.91. The molecular weight excluding hydrogens is 264 g/mol. The van der Waals surface area contributed by atoms with Gasteiger partial charge in [0.15, 0.2) is 0 Å². The van der Waals surface area contributed by atoms with Gasteiger partial charge in [-0.1, -0.05) is 42.0 Å². The van der Waals surface area contributed by atoms with Crippen LogP contribution in [0.4, 0.5) is 4.79 Å². The summed E-state index contributed by atoms with van der Waals surface area (Å²) in [6, 6.07) is 8.91. The Bertz CT molecular complexity index is 471. The smallest absolute Gasteiger partial charge is 0.315 e. The molecule has 1 atom stereocenters. The topological polar surface area (TPSA) is 61.4 Å². The van der Waals surface area contributed by atoms with Crippen molar-refractivity contribution >= 4 is 6.03 Å². The van der Waals surface area contributed by atoms with Gasteiger partial charge in [-0.05, 0) is 37.7 Å². The third-order valence-corrected chi connectivity index (χ3v) is 3.81. The Morgan fingerprint density at radius 1 is 1.24 bits per heavy atom. The zero-order valence-electron chi connectivity index (χ0n) is 12.3. The minimum absolute atomic E-state index is 0.109. The van der Waals surface area contributed by atoms with Crippen LogP contribution in [0.5, 0.6) is 0 Å². The second kappa shape index (κ2) is 8.47. The first kappa shape index (κ1) is 15.6. The molecule has 21 heavy (non-hydrogen) atoms. The van der Waals surface area contributed by atoms with Crippen LogP contribution in [-0.2, 0) is 0 Å². The maximum atomic E-state index is 11.9. The summed E-state index contributed by atoms with van der Waals surface area (Å²) < 4.78 is 0. The highest BCUT2D eigenvalue weighted by Gasteiger charge is 2.13. The van der Waals surface area contributed by atoms with Gasteiger partial charge >= 0.3 is 6.03 Å². The lowest BCUT2D eigenvalue weighted by Crippen LogP contribution is -2.39. The van der Waals surface area contributed by atoms with Crippen molar-refractivity contribution < 1.29 is 9.90 Å². The largest absolute Gasteiger partial charge is 0.394 e. The van der Waals surface area contributed by atoms with Crippen LogP contribution in [0.2, 0.25) is 0 Å². The van der Waals surface area contributed by atoms with Gasteiger partial charge in [-0.25, -0.2) is 4.79 Å². The lowest BCUT2D eigenvalue weighted by atomic mass is 9.97. The van der Waals surface area contributed by atoms with E-state index < -0.39 is 0 Å². The fraction of sp³-hybridized carbons (Fsp3) is 0.471. The van der Waals surface area contributed by atoms with E-state index in [1.165, 1.54) is 24.8 Å². The summed E-state index contributed by atoms with van der Waals surface area (Å²) in [5, 5.41) is 15.1. The molecule has 0 saturated heterocycles. The van der Waals surface area contributed by atoms with Crippen molar-refractivity contribution in [1.29, 1.82) is 0 Å². The number of urea groups is 1. The number of carbonyl (C=O) groups is 1. The number of hydrogen-bond donors (Lipinski definition) is 3. The number of carbonyl (C=O) groups excluding carboxylic acids is 1. The van der Waals surface area contributed by atoms with E-state index in [2.05, 4.69) is 16.7 Å². The molecule has 0 fully saturated rings. The van der Waals surface area contributed by atoms with Crippen molar-refractivity contribution in [1.82, 2.24) is 10.6 Å². The predicted molar refractivity (Wildman–Crippen MR) is 84.0 cm³/mol. The molecule has 4 heteroatoms. The standard InChI is InChI=1S/C17H24N2O2/c20-13-16(15-9-5-2-6-10-15)19-17(21)18-12-11-14-7-3-1-4-8-14/h2,5-7,9-10,16,20H,1,3-4,8,11-13H2,(H2,18,19,21). The SMILES string of the molecule is O=C(NCCC1=CCCCC1)NC(CO)c1ccccc1. The van der Waals surface area contributed by atoms with Crippen LogP contribution in [0.25, 0.3) is 0 Å². The van der Waals surface area contributed by atoms with E-state index in [1.807, 2.05) is 30.3 Å². The van der Waals surface area contributed by atoms with E-state index in [0.29, 0.717) is 6.54 Å². The normalized spacial score (nSPS) is 16.0. The molecule has 0 saturated carbocycles. The molecule has 1 unspecified atom stereocenters. The second-order valence-corrected chi connectivity index (χ2v) is 5.40. The van der Waals surface area contributed by atoms with E-state index in [4.69, 9.17) is 0 Å². The lowest BCUT2D eigenvalue weighted by molar-refractivity contribution is 0.217. The first-order valence-corrected chi connectivity index (χ1v) is 7.67. The molecule has 0 aromatic heterocycles. The van der Waals surface area contributed by atoms with Crippen molar-refractivity contribution in [2.24, 2.45) is 0 Å². The van der Waals surface area contributed by atoms with Gasteiger partial charge in [-0.3, -0.25) is 0 Å². The summed E-state index contributed by atoms with van der Waals surface area (Å²) in [5.41, 5.74) is 2.36. The van der Waals surface area contributed by atoms with E-state index in [-0.39, 0.29) is 18.7 Å². The first-order valence-electron chi connectivity index (χ1n) is 7.67. The second-order valence-electron chi connectivity index (χ2n) is 5.40. The van der Waals surface area contributed by atoms with Gasteiger partial charge in [-0.15, -0.1) is 0 Å². The van der Waals surface area contributed by atoms with Crippen LogP contribution in [0.1, 0.15) is 43.7 Å². The fourth-order valence-corrected chi connectivity index (χ4v) is 2.60. The molecular formula is C17H24N2O2. The number of allylic oxidation sites excluding steroid dienone is 1. The summed E-state index contributed by atoms with van der Waals surface area (Å²) in [6.07, 6.45) is 8.09. The van der Waals surface area contributed by atoms with Crippen LogP contribution in [0.15, 0.2) is 42.0 Å². The van der Waals surface area contributed by atoms with Crippen molar-refractivity contribution in [3.8, 4) is 0 Å². The monoisotopic (exact) mass is 288 g/mol. The van der Waals surface area contributed by atoms with Crippen molar-refractivity contribution in [3.63, 3.8) is 0 Å². The number of aliphatic hydroxyl groups excluding tert-OH is 1. The zero-order chi connectivity index (χ0) is 14.9. The van der Waals surface area contributed by atoms with Crippen LogP contribution in [0, 0.1) is 0 Å². The molecule has 2 rings (SSSR count). The Morgan fingerprint density at radius 3 is 2.71 bits per heavy atom. The number of benzene rings is 1. The third kappa shape index (κ3) is 5.23. The molecule has 1 aliphatic carbocycles. The minimum atomic E-state index is -0.361. The maximum absolute atomic E-state index is 11.9. The van der Waals surface area contributed by atoms with Gasteiger partial charge in [0.1, 0.15) is 0 Å². The quantitative estimate of drug-likeness (QED) is 0.705. The first-order chi connectivity index (χ1) is 10.3. The molecule has 0 bridgehead atoms. The molecule has 1 aliphatic rings. The van der Waals surface area contributed by atoms with Crippen molar-refractivity contribution in [2.75, 3.05) is 13.2 Å². The Morgan fingerprint density at radius 2 is 2.05 bits per heavy atom. The number of nitrogens with one attached hydrogen (secondary N) is 2. The molecule has 0 spiro atoms. The molecule has 0 aliphatic heterocycles. The Hall–Kier alpha value is -1.81. The number of amides is 2. The van der Waals surface area contributed by atoms with E-state index in [0.717, 1.165) is 18.4 Å². The van der Waals surface area contributed by atoms with Gasteiger partial charge in [0.05, 0.1) is 12.6 Å². The molecule has 0 heterocycles. The third-order valence-electron chi connectivity index (χ3n) is 3.81. The van der Waals surface area contributed by atoms with E-state index >= 15 is 0 Å². The minimum Gasteiger partial charge on any atom is -0.394 e. The number of aliphatic hydroxyl groups is 1. The van der Waals surface area contributed by atoms with Gasteiger partial charge in [0, 0.05) is 6.54 Å². The fourth-order valence-electron chi connectivity index (χ4n) is 2.60. The maximum Gasteiger partial charge on any atom is 0.315 e. The van der Waals surface area contributed by atoms with Gasteiger partial charge in [0.25, 0.3) is 0 Å². The molecule has 4 nitrogen and oxygen atoms in total. The summed E-state index contributed by atoms with van der Waals surface area (Å²) >= 11 is 0. The van der Waals surface area contributed by atoms with Crippen LogP contribution in [0.3, 0.4) is 0 Å². The number of rotatable bonds is 6. The highest BCUT2D eigenvalue weighted by atomic mass is 16.3. The summed E-state index contributed by atoms with van der Waals surface area (Å²) in [4.78, 5) is 11.9. The van der Waals surface area contributed by atoms with Gasteiger partial charge in [-0.2, -0.15) is 0 Å². The lowest BCUT2D eigenvalue weighted by Gasteiger charge is -2.18. The van der Waals surface area contributed by atoms with Gasteiger partial charge in [0.2, 0.25) is 0 Å². The molecule has 3 N–H and O–H groups in total. The van der Waals surface area contributed by atoms with E-state index in [9.17, 15) is 9.90 Å². The molecule has 0 radical (unpaired) electrons. The summed E-state index contributed by atoms with van der Waals surface area (Å²) in [7, 11) is 0. The highest BCUT2D eigenvalue weighted by molar-refractivity contribution is 5.74. The highest BCUT2D eigenvalue weighted by Crippen LogP contribution is 2.19. The Balaban J connectivity index is 1.74. The van der Waals surface area contributed by atoms with Crippen LogP contribution in [-0.4, -0.2) is 24.3 Å². The van der Waals surface area contributed by atoms with Gasteiger partial charge < -0.3 is 15.7 Å². The zero-order valence-corrected chi connectivity index (χ0v) is 12.3. The number of hydrogen-bond acceptors (Lipinski definition) is 2. The van der Waals surface area contributed by atoms with Crippen molar-refractivity contribution in [3.05, 3.63) is 47.5 Å². The average molecular weight is 288 g/mol. The Labute approximate surface area is 126 Å². The van der Waals surface area contributed by atoms with Crippen LogP contribution < -0.4 is 10.6 Å². The molecule has 2 amide bonds. The van der Waals surface area contributed by atoms with Crippen LogP contribution >= 0.6 is 0 Å². The Kier molecular flexibility index (Phi) is 6.28. The van der Waals surface area contributed by atoms with Crippen molar-refractivity contribution in [2.45, 2.75) is 38.1 Å². The summed E-state index contributed by atoms with van der Waals surface area (Å²) in [5.74, 6) is 0. The average Bonchev–Trinajstić information content (AvgIpc) is 2.54. The molecule has 114 valence electrons. The molecule has 1 aromatic rings. The molecule has 1 aromatic carbocycles. The summed E-state index contributed by atoms with van der Waals surface area (Å²) in [6.45, 7) is 0.535.